The predicted octanol–water partition coefficient (Wildman–Crippen LogP) is 5.99. The van der Waals surface area contributed by atoms with Gasteiger partial charge in [-0.1, -0.05) is 90.3 Å². The maximum absolute atomic E-state index is 13.2. The molecule has 0 amide bonds. The van der Waals surface area contributed by atoms with Crippen LogP contribution in [0.5, 0.6) is 0 Å². The van der Waals surface area contributed by atoms with Crippen LogP contribution in [0.25, 0.3) is 10.9 Å². The SMILES string of the molecule is Cc1ccc(S(=O)(=O)NCC(c2ccccc2)c2c(C#Cc3ccccc3)[nH]c3ccccc23)cc1. The van der Waals surface area contributed by atoms with E-state index in [0.717, 1.165) is 38.9 Å². The molecule has 4 nitrogen and oxygen atoms in total. The van der Waals surface area contributed by atoms with Crippen molar-refractivity contribution in [1.82, 2.24) is 9.71 Å². The van der Waals surface area contributed by atoms with Crippen LogP contribution in [0.15, 0.2) is 114 Å². The highest BCUT2D eigenvalue weighted by Gasteiger charge is 2.24. The Morgan fingerprint density at radius 3 is 2.14 bits per heavy atom. The molecule has 0 saturated heterocycles. The normalized spacial score (nSPS) is 12.1. The first-order chi connectivity index (χ1) is 17.5. The van der Waals surface area contributed by atoms with E-state index in [4.69, 9.17) is 0 Å². The number of fused-ring (bicyclic) bond motifs is 1. The Bertz CT molecular complexity index is 1640. The first-order valence-electron chi connectivity index (χ1n) is 11.8. The Labute approximate surface area is 212 Å². The number of benzene rings is 4. The number of rotatable bonds is 6. The molecule has 5 aromatic rings. The highest BCUT2D eigenvalue weighted by Crippen LogP contribution is 2.34. The van der Waals surface area contributed by atoms with Gasteiger partial charge in [0.15, 0.2) is 0 Å². The van der Waals surface area contributed by atoms with Crippen LogP contribution < -0.4 is 4.72 Å². The Balaban J connectivity index is 1.59. The number of H-pyrrole nitrogens is 1. The molecule has 0 aliphatic heterocycles. The Hall–Kier alpha value is -4.11. The fourth-order valence-electron chi connectivity index (χ4n) is 4.35. The van der Waals surface area contributed by atoms with Crippen molar-refractivity contribution < 1.29 is 8.42 Å². The molecule has 1 unspecified atom stereocenters. The highest BCUT2D eigenvalue weighted by molar-refractivity contribution is 7.89. The molecule has 5 rings (SSSR count). The van der Waals surface area contributed by atoms with E-state index < -0.39 is 10.0 Å². The summed E-state index contributed by atoms with van der Waals surface area (Å²) in [5.41, 5.74) is 5.66. The predicted molar refractivity (Wildman–Crippen MR) is 145 cm³/mol. The topological polar surface area (TPSA) is 62.0 Å². The molecule has 0 radical (unpaired) electrons. The Kier molecular flexibility index (Phi) is 6.73. The van der Waals surface area contributed by atoms with E-state index in [0.29, 0.717) is 0 Å². The number of hydrogen-bond donors (Lipinski definition) is 2. The van der Waals surface area contributed by atoms with E-state index >= 15 is 0 Å². The van der Waals surface area contributed by atoms with Gasteiger partial charge in [-0.3, -0.25) is 0 Å². The summed E-state index contributed by atoms with van der Waals surface area (Å²) < 4.78 is 29.2. The van der Waals surface area contributed by atoms with Crippen molar-refractivity contribution in [3.05, 3.63) is 137 Å². The molecule has 0 spiro atoms. The van der Waals surface area contributed by atoms with Crippen LogP contribution in [0.4, 0.5) is 0 Å². The lowest BCUT2D eigenvalue weighted by Gasteiger charge is -2.19. The molecule has 2 N–H and O–H groups in total. The second-order valence-electron chi connectivity index (χ2n) is 8.70. The van der Waals surface area contributed by atoms with Crippen molar-refractivity contribution in [2.75, 3.05) is 6.54 Å². The number of aromatic amines is 1. The zero-order chi connectivity index (χ0) is 25.0. The van der Waals surface area contributed by atoms with Gasteiger partial charge in [0.05, 0.1) is 10.6 Å². The summed E-state index contributed by atoms with van der Waals surface area (Å²) in [6, 6.07) is 34.7. The molecule has 0 aliphatic rings. The number of aromatic nitrogens is 1. The van der Waals surface area contributed by atoms with Gasteiger partial charge in [0.2, 0.25) is 10.0 Å². The van der Waals surface area contributed by atoms with E-state index in [1.807, 2.05) is 85.8 Å². The fourth-order valence-corrected chi connectivity index (χ4v) is 5.39. The van der Waals surface area contributed by atoms with Crippen LogP contribution >= 0.6 is 0 Å². The number of aryl methyl sites for hydroxylation is 1. The maximum Gasteiger partial charge on any atom is 0.240 e. The monoisotopic (exact) mass is 490 g/mol. The largest absolute Gasteiger partial charge is 0.348 e. The average Bonchev–Trinajstić information content (AvgIpc) is 3.27. The molecule has 0 bridgehead atoms. The van der Waals surface area contributed by atoms with E-state index in [1.54, 1.807) is 24.3 Å². The van der Waals surface area contributed by atoms with Gasteiger partial charge >= 0.3 is 0 Å². The zero-order valence-electron chi connectivity index (χ0n) is 19.9. The molecule has 1 aromatic heterocycles. The second-order valence-corrected chi connectivity index (χ2v) is 10.5. The van der Waals surface area contributed by atoms with Crippen molar-refractivity contribution in [3.8, 4) is 11.8 Å². The van der Waals surface area contributed by atoms with Crippen molar-refractivity contribution in [2.45, 2.75) is 17.7 Å². The summed E-state index contributed by atoms with van der Waals surface area (Å²) in [6.45, 7) is 2.13. The molecule has 0 fully saturated rings. The van der Waals surface area contributed by atoms with Crippen LogP contribution in [0.1, 0.15) is 33.9 Å². The molecule has 1 atom stereocenters. The third kappa shape index (κ3) is 5.11. The first kappa shape index (κ1) is 23.6. The van der Waals surface area contributed by atoms with Crippen LogP contribution in [-0.4, -0.2) is 19.9 Å². The minimum Gasteiger partial charge on any atom is -0.348 e. The van der Waals surface area contributed by atoms with Gasteiger partial charge in [-0.05, 0) is 48.7 Å². The van der Waals surface area contributed by atoms with Crippen molar-refractivity contribution in [3.63, 3.8) is 0 Å². The number of sulfonamides is 1. The van der Waals surface area contributed by atoms with Gasteiger partial charge in [-0.25, -0.2) is 13.1 Å². The Morgan fingerprint density at radius 2 is 1.42 bits per heavy atom. The second kappa shape index (κ2) is 10.2. The van der Waals surface area contributed by atoms with Crippen molar-refractivity contribution in [2.24, 2.45) is 0 Å². The molecular formula is C31H26N2O2S. The van der Waals surface area contributed by atoms with Gasteiger partial charge in [-0.15, -0.1) is 0 Å². The molecule has 1 heterocycles. The summed E-state index contributed by atoms with van der Waals surface area (Å²) in [7, 11) is -3.69. The number of hydrogen-bond acceptors (Lipinski definition) is 2. The molecule has 4 aromatic carbocycles. The smallest absolute Gasteiger partial charge is 0.240 e. The van der Waals surface area contributed by atoms with Gasteiger partial charge < -0.3 is 4.98 Å². The zero-order valence-corrected chi connectivity index (χ0v) is 20.7. The van der Waals surface area contributed by atoms with Gasteiger partial charge in [-0.2, -0.15) is 0 Å². The molecular weight excluding hydrogens is 464 g/mol. The number of nitrogens with one attached hydrogen (secondary N) is 2. The number of para-hydroxylation sites is 1. The third-order valence-electron chi connectivity index (χ3n) is 6.21. The molecule has 36 heavy (non-hydrogen) atoms. The molecule has 0 aliphatic carbocycles. The summed E-state index contributed by atoms with van der Waals surface area (Å²) in [6.07, 6.45) is 0. The molecule has 5 heteroatoms. The van der Waals surface area contributed by atoms with E-state index in [1.165, 1.54) is 0 Å². The minimum absolute atomic E-state index is 0.197. The molecule has 178 valence electrons. The van der Waals surface area contributed by atoms with Crippen LogP contribution in [0.3, 0.4) is 0 Å². The van der Waals surface area contributed by atoms with E-state index in [-0.39, 0.29) is 17.4 Å². The van der Waals surface area contributed by atoms with Gasteiger partial charge in [0.1, 0.15) is 0 Å². The summed E-state index contributed by atoms with van der Waals surface area (Å²) in [5.74, 6) is 6.33. The summed E-state index contributed by atoms with van der Waals surface area (Å²) in [4.78, 5) is 3.72. The van der Waals surface area contributed by atoms with Crippen LogP contribution in [0, 0.1) is 18.8 Å². The van der Waals surface area contributed by atoms with E-state index in [9.17, 15) is 8.42 Å². The third-order valence-corrected chi connectivity index (χ3v) is 7.65. The first-order valence-corrected chi connectivity index (χ1v) is 13.3. The molecule has 0 saturated carbocycles. The van der Waals surface area contributed by atoms with Gasteiger partial charge in [0.25, 0.3) is 0 Å². The van der Waals surface area contributed by atoms with Crippen molar-refractivity contribution in [1.29, 1.82) is 0 Å². The lowest BCUT2D eigenvalue weighted by molar-refractivity contribution is 0.577. The quantitative estimate of drug-likeness (QED) is 0.287. The van der Waals surface area contributed by atoms with Crippen molar-refractivity contribution >= 4 is 20.9 Å². The average molecular weight is 491 g/mol. The Morgan fingerprint density at radius 1 is 0.778 bits per heavy atom. The summed E-state index contributed by atoms with van der Waals surface area (Å²) >= 11 is 0. The maximum atomic E-state index is 13.2. The minimum atomic E-state index is -3.69. The van der Waals surface area contributed by atoms with Crippen LogP contribution in [0.2, 0.25) is 0 Å². The van der Waals surface area contributed by atoms with Gasteiger partial charge in [0, 0.05) is 34.5 Å². The van der Waals surface area contributed by atoms with Crippen LogP contribution in [-0.2, 0) is 10.0 Å². The fraction of sp³-hybridized carbons (Fsp3) is 0.0968. The summed E-state index contributed by atoms with van der Waals surface area (Å²) in [5, 5.41) is 1.03. The highest BCUT2D eigenvalue weighted by atomic mass is 32.2. The lowest BCUT2D eigenvalue weighted by Crippen LogP contribution is -2.29. The van der Waals surface area contributed by atoms with E-state index in [2.05, 4.69) is 27.6 Å². The standard InChI is InChI=1S/C31H26N2O2S/c1-23-16-19-26(20-17-23)36(34,35)32-22-28(25-12-6-3-7-13-25)31-27-14-8-9-15-29(27)33-30(31)21-18-24-10-4-2-5-11-24/h2-17,19-20,28,32-33H,22H2,1H3. The lowest BCUT2D eigenvalue weighted by atomic mass is 9.89.